The van der Waals surface area contributed by atoms with Crippen LogP contribution in [0.2, 0.25) is 5.02 Å². The van der Waals surface area contributed by atoms with Crippen molar-refractivity contribution in [1.29, 1.82) is 0 Å². The van der Waals surface area contributed by atoms with E-state index in [4.69, 9.17) is 16.3 Å². The summed E-state index contributed by atoms with van der Waals surface area (Å²) < 4.78 is 19.5. The second-order valence-electron chi connectivity index (χ2n) is 4.04. The normalized spacial score (nSPS) is 12.3. The number of aliphatic hydroxyl groups is 1. The highest BCUT2D eigenvalue weighted by Crippen LogP contribution is 2.34. The minimum absolute atomic E-state index is 0.0312. The fourth-order valence-corrected chi connectivity index (χ4v) is 2.24. The number of hydrogen-bond donors (Lipinski definition) is 1. The van der Waals surface area contributed by atoms with Crippen LogP contribution in [-0.4, -0.2) is 5.11 Å². The van der Waals surface area contributed by atoms with Crippen LogP contribution >= 0.6 is 27.5 Å². The Hall–Kier alpha value is -1.10. The second kappa shape index (κ2) is 5.90. The van der Waals surface area contributed by atoms with Gasteiger partial charge in [-0.2, -0.15) is 0 Å². The van der Waals surface area contributed by atoms with Crippen molar-refractivity contribution < 1.29 is 14.2 Å². The largest absolute Gasteiger partial charge is 0.456 e. The molecule has 0 unspecified atom stereocenters. The average molecular weight is 346 g/mol. The summed E-state index contributed by atoms with van der Waals surface area (Å²) in [6.07, 6.45) is -0.534. The van der Waals surface area contributed by atoms with Crippen molar-refractivity contribution in [2.24, 2.45) is 0 Å². The molecule has 0 radical (unpaired) electrons. The topological polar surface area (TPSA) is 29.5 Å². The first-order valence-corrected chi connectivity index (χ1v) is 6.75. The Balaban J connectivity index is 2.24. The number of halogens is 3. The molecule has 1 atom stereocenters. The van der Waals surface area contributed by atoms with E-state index in [1.165, 1.54) is 12.1 Å². The van der Waals surface area contributed by atoms with Crippen LogP contribution in [0, 0.1) is 5.82 Å². The van der Waals surface area contributed by atoms with Gasteiger partial charge < -0.3 is 9.84 Å². The average Bonchev–Trinajstić information content (AvgIpc) is 2.36. The van der Waals surface area contributed by atoms with E-state index < -0.39 is 11.9 Å². The van der Waals surface area contributed by atoms with Crippen molar-refractivity contribution in [1.82, 2.24) is 0 Å². The molecule has 0 fully saturated rings. The first kappa shape index (κ1) is 14.3. The molecule has 0 saturated heterocycles. The van der Waals surface area contributed by atoms with Gasteiger partial charge in [-0.1, -0.05) is 23.7 Å². The molecule has 0 aliphatic rings. The van der Waals surface area contributed by atoms with Gasteiger partial charge in [0.25, 0.3) is 0 Å². The third kappa shape index (κ3) is 3.47. The molecular formula is C14H11BrClFO2. The van der Waals surface area contributed by atoms with Gasteiger partial charge in [-0.3, -0.25) is 0 Å². The quantitative estimate of drug-likeness (QED) is 0.785. The van der Waals surface area contributed by atoms with Gasteiger partial charge in [-0.15, -0.1) is 0 Å². The fourth-order valence-electron chi connectivity index (χ4n) is 1.52. The van der Waals surface area contributed by atoms with Crippen LogP contribution < -0.4 is 4.74 Å². The molecular weight excluding hydrogens is 335 g/mol. The predicted octanol–water partition coefficient (Wildman–Crippen LogP) is 5.09. The highest BCUT2D eigenvalue weighted by molar-refractivity contribution is 9.10. The van der Waals surface area contributed by atoms with E-state index in [2.05, 4.69) is 15.9 Å². The number of benzene rings is 2. The summed E-state index contributed by atoms with van der Waals surface area (Å²) in [5.41, 5.74) is 0.786. The lowest BCUT2D eigenvalue weighted by Gasteiger charge is -2.10. The van der Waals surface area contributed by atoms with Crippen molar-refractivity contribution in [3.63, 3.8) is 0 Å². The molecule has 0 aliphatic heterocycles. The number of ether oxygens (including phenoxy) is 1. The Morgan fingerprint density at radius 1 is 1.26 bits per heavy atom. The summed E-state index contributed by atoms with van der Waals surface area (Å²) in [4.78, 5) is 0. The zero-order valence-corrected chi connectivity index (χ0v) is 12.4. The SMILES string of the molecule is C[C@@H](O)c1ccc(Oc2cc(F)c(Cl)cc2Br)cc1. The van der Waals surface area contributed by atoms with Gasteiger partial charge in [0.15, 0.2) is 0 Å². The van der Waals surface area contributed by atoms with Gasteiger partial charge in [-0.25, -0.2) is 4.39 Å². The van der Waals surface area contributed by atoms with Gasteiger partial charge in [-0.05, 0) is 46.6 Å². The molecule has 5 heteroatoms. The smallest absolute Gasteiger partial charge is 0.145 e. The third-order valence-corrected chi connectivity index (χ3v) is 3.47. The number of aliphatic hydroxyl groups excluding tert-OH is 1. The number of hydrogen-bond acceptors (Lipinski definition) is 2. The first-order valence-electron chi connectivity index (χ1n) is 5.58. The third-order valence-electron chi connectivity index (χ3n) is 2.57. The molecule has 1 N–H and O–H groups in total. The van der Waals surface area contributed by atoms with E-state index >= 15 is 0 Å². The van der Waals surface area contributed by atoms with Crippen LogP contribution in [0.5, 0.6) is 11.5 Å². The van der Waals surface area contributed by atoms with E-state index in [9.17, 15) is 9.50 Å². The lowest BCUT2D eigenvalue weighted by molar-refractivity contribution is 0.199. The van der Waals surface area contributed by atoms with Crippen molar-refractivity contribution >= 4 is 27.5 Å². The summed E-state index contributed by atoms with van der Waals surface area (Å²) in [6.45, 7) is 1.68. The lowest BCUT2D eigenvalue weighted by atomic mass is 10.1. The molecule has 0 bridgehead atoms. The van der Waals surface area contributed by atoms with Gasteiger partial charge >= 0.3 is 0 Å². The molecule has 0 aliphatic carbocycles. The maximum absolute atomic E-state index is 13.4. The number of rotatable bonds is 3. The Morgan fingerprint density at radius 2 is 1.89 bits per heavy atom. The summed E-state index contributed by atoms with van der Waals surface area (Å²) >= 11 is 8.92. The molecule has 0 spiro atoms. The Kier molecular flexibility index (Phi) is 4.45. The van der Waals surface area contributed by atoms with Gasteiger partial charge in [0.05, 0.1) is 15.6 Å². The van der Waals surface area contributed by atoms with Crippen LogP contribution in [0.25, 0.3) is 0 Å². The Morgan fingerprint density at radius 3 is 2.47 bits per heavy atom. The Labute approximate surface area is 123 Å². The maximum atomic E-state index is 13.4. The van der Waals surface area contributed by atoms with Gasteiger partial charge in [0.1, 0.15) is 17.3 Å². The second-order valence-corrected chi connectivity index (χ2v) is 5.31. The van der Waals surface area contributed by atoms with Crippen LogP contribution in [0.1, 0.15) is 18.6 Å². The van der Waals surface area contributed by atoms with E-state index in [0.717, 1.165) is 5.56 Å². The zero-order chi connectivity index (χ0) is 14.0. The van der Waals surface area contributed by atoms with Crippen molar-refractivity contribution in [2.75, 3.05) is 0 Å². The minimum Gasteiger partial charge on any atom is -0.456 e. The van der Waals surface area contributed by atoms with Crippen LogP contribution in [0.4, 0.5) is 4.39 Å². The monoisotopic (exact) mass is 344 g/mol. The summed E-state index contributed by atoms with van der Waals surface area (Å²) in [6, 6.07) is 9.58. The van der Waals surface area contributed by atoms with Gasteiger partial charge in [0.2, 0.25) is 0 Å². The molecule has 0 saturated carbocycles. The molecule has 2 rings (SSSR count). The maximum Gasteiger partial charge on any atom is 0.145 e. The van der Waals surface area contributed by atoms with Crippen LogP contribution in [0.15, 0.2) is 40.9 Å². The highest BCUT2D eigenvalue weighted by atomic mass is 79.9. The molecule has 0 aromatic heterocycles. The predicted molar refractivity (Wildman–Crippen MR) is 76.3 cm³/mol. The van der Waals surface area contributed by atoms with Crippen LogP contribution in [-0.2, 0) is 0 Å². The molecule has 2 aromatic rings. The van der Waals surface area contributed by atoms with E-state index in [-0.39, 0.29) is 5.02 Å². The molecule has 2 aromatic carbocycles. The Bertz CT molecular complexity index is 585. The molecule has 19 heavy (non-hydrogen) atoms. The minimum atomic E-state index is -0.541. The summed E-state index contributed by atoms with van der Waals surface area (Å²) in [5.74, 6) is 0.346. The molecule has 0 amide bonds. The zero-order valence-electron chi connectivity index (χ0n) is 10.0. The first-order chi connectivity index (χ1) is 8.97. The van der Waals surface area contributed by atoms with Crippen molar-refractivity contribution in [3.8, 4) is 11.5 Å². The highest BCUT2D eigenvalue weighted by Gasteiger charge is 2.09. The van der Waals surface area contributed by atoms with Crippen LogP contribution in [0.3, 0.4) is 0 Å². The van der Waals surface area contributed by atoms with Crippen molar-refractivity contribution in [2.45, 2.75) is 13.0 Å². The standard InChI is InChI=1S/C14H11BrClFO2/c1-8(18)9-2-4-10(5-3-9)19-14-7-13(17)12(16)6-11(14)15/h2-8,18H,1H3/t8-/m1/s1. The summed E-state index contributed by atoms with van der Waals surface area (Å²) in [5, 5.41) is 9.43. The molecule has 100 valence electrons. The fraction of sp³-hybridized carbons (Fsp3) is 0.143. The summed E-state index contributed by atoms with van der Waals surface area (Å²) in [7, 11) is 0. The van der Waals surface area contributed by atoms with Gasteiger partial charge in [0, 0.05) is 6.07 Å². The van der Waals surface area contributed by atoms with E-state index in [1.807, 2.05) is 0 Å². The van der Waals surface area contributed by atoms with Crippen molar-refractivity contribution in [3.05, 3.63) is 57.3 Å². The van der Waals surface area contributed by atoms with E-state index in [0.29, 0.717) is 16.0 Å². The van der Waals surface area contributed by atoms with E-state index in [1.54, 1.807) is 31.2 Å². The lowest BCUT2D eigenvalue weighted by Crippen LogP contribution is -1.91. The molecule has 2 nitrogen and oxygen atoms in total. The molecule has 0 heterocycles.